The maximum atomic E-state index is 13.2. The molecule has 0 spiro atoms. The lowest BCUT2D eigenvalue weighted by Gasteiger charge is -2.34. The van der Waals surface area contributed by atoms with E-state index in [0.717, 1.165) is 64.7 Å². The van der Waals surface area contributed by atoms with Gasteiger partial charge in [-0.25, -0.2) is 9.37 Å². The first kappa shape index (κ1) is 18.3. The second-order valence-electron chi connectivity index (χ2n) is 7.30. The van der Waals surface area contributed by atoms with Crippen LogP contribution in [0.25, 0.3) is 26.4 Å². The molecule has 4 aromatic rings. The van der Waals surface area contributed by atoms with E-state index < -0.39 is 0 Å². The average Bonchev–Trinajstić information content (AvgIpc) is 3.31. The van der Waals surface area contributed by atoms with Gasteiger partial charge in [-0.1, -0.05) is 18.3 Å². The number of hydrogen-bond acceptors (Lipinski definition) is 4. The van der Waals surface area contributed by atoms with Crippen LogP contribution in [0.4, 0.5) is 4.39 Å². The number of carbonyl (C=O) groups is 1. The van der Waals surface area contributed by atoms with Gasteiger partial charge >= 0.3 is 0 Å². The maximum Gasteiger partial charge on any atom is 0.253 e. The summed E-state index contributed by atoms with van der Waals surface area (Å²) in [5.74, 6) is -0.158. The van der Waals surface area contributed by atoms with E-state index in [-0.39, 0.29) is 11.7 Å². The predicted molar refractivity (Wildman–Crippen MR) is 114 cm³/mol. The van der Waals surface area contributed by atoms with Gasteiger partial charge in [0.05, 0.1) is 15.9 Å². The molecule has 148 valence electrons. The molecule has 0 radical (unpaired) electrons. The fourth-order valence-corrected chi connectivity index (χ4v) is 4.89. The number of thiazole rings is 1. The van der Waals surface area contributed by atoms with Crippen LogP contribution in [0.15, 0.2) is 48.7 Å². The molecule has 0 unspecified atom stereocenters. The molecule has 29 heavy (non-hydrogen) atoms. The summed E-state index contributed by atoms with van der Waals surface area (Å²) < 4.78 is 16.2. The van der Waals surface area contributed by atoms with Crippen molar-refractivity contribution < 1.29 is 9.18 Å². The van der Waals surface area contributed by atoms with Gasteiger partial charge in [-0.05, 0) is 49.0 Å². The first-order valence-corrected chi connectivity index (χ1v) is 10.6. The molecule has 1 aliphatic heterocycles. The van der Waals surface area contributed by atoms with E-state index >= 15 is 0 Å². The van der Waals surface area contributed by atoms with Crippen molar-refractivity contribution in [1.82, 2.24) is 19.2 Å². The van der Waals surface area contributed by atoms with Crippen LogP contribution in [0, 0.1) is 5.82 Å². The van der Waals surface area contributed by atoms with Gasteiger partial charge < -0.3 is 9.80 Å². The third kappa shape index (κ3) is 3.30. The molecule has 3 heterocycles. The highest BCUT2D eigenvalue weighted by Gasteiger charge is 2.22. The van der Waals surface area contributed by atoms with E-state index in [0.29, 0.717) is 0 Å². The number of rotatable bonds is 3. The van der Waals surface area contributed by atoms with E-state index in [1.165, 1.54) is 12.1 Å². The van der Waals surface area contributed by atoms with Crippen LogP contribution in [0.2, 0.25) is 0 Å². The largest absolute Gasteiger partial charge is 0.336 e. The zero-order chi connectivity index (χ0) is 20.0. The van der Waals surface area contributed by atoms with Crippen LogP contribution in [0.3, 0.4) is 0 Å². The number of imidazole rings is 1. The third-order valence-corrected chi connectivity index (χ3v) is 6.61. The number of aromatic nitrogens is 2. The smallest absolute Gasteiger partial charge is 0.253 e. The van der Waals surface area contributed by atoms with Crippen LogP contribution >= 0.6 is 11.3 Å². The van der Waals surface area contributed by atoms with Crippen LogP contribution in [-0.4, -0.2) is 57.8 Å². The number of carbonyl (C=O) groups excluding carboxylic acids is 1. The molecule has 7 heteroatoms. The average molecular weight is 409 g/mol. The van der Waals surface area contributed by atoms with E-state index in [2.05, 4.69) is 11.8 Å². The van der Waals surface area contributed by atoms with E-state index in [1.807, 2.05) is 33.7 Å². The predicted octanol–water partition coefficient (Wildman–Crippen LogP) is 4.13. The lowest BCUT2D eigenvalue weighted by Crippen LogP contribution is -2.48. The van der Waals surface area contributed by atoms with Crippen molar-refractivity contribution in [3.8, 4) is 11.3 Å². The summed E-state index contributed by atoms with van der Waals surface area (Å²) >= 11 is 1.56. The van der Waals surface area contributed by atoms with Crippen molar-refractivity contribution in [2.75, 3.05) is 32.7 Å². The lowest BCUT2D eigenvalue weighted by molar-refractivity contribution is 0.0643. The highest BCUT2D eigenvalue weighted by atomic mass is 32.1. The van der Waals surface area contributed by atoms with Crippen LogP contribution < -0.4 is 0 Å². The molecule has 1 saturated heterocycles. The highest BCUT2D eigenvalue weighted by Crippen LogP contribution is 2.30. The van der Waals surface area contributed by atoms with Gasteiger partial charge in [0, 0.05) is 43.5 Å². The Morgan fingerprint density at radius 1 is 1.10 bits per heavy atom. The summed E-state index contributed by atoms with van der Waals surface area (Å²) in [7, 11) is 0. The second-order valence-corrected chi connectivity index (χ2v) is 8.31. The van der Waals surface area contributed by atoms with Gasteiger partial charge in [0.1, 0.15) is 5.82 Å². The molecule has 2 aromatic carbocycles. The minimum atomic E-state index is -0.256. The maximum absolute atomic E-state index is 13.2. The Labute approximate surface area is 172 Å². The monoisotopic (exact) mass is 408 g/mol. The Morgan fingerprint density at radius 3 is 2.59 bits per heavy atom. The second kappa shape index (κ2) is 7.24. The quantitative estimate of drug-likeness (QED) is 0.512. The molecule has 1 aliphatic rings. The molecule has 1 amide bonds. The first-order valence-electron chi connectivity index (χ1n) is 9.81. The summed E-state index contributed by atoms with van der Waals surface area (Å²) in [5.41, 5.74) is 3.45. The fraction of sp³-hybridized carbons (Fsp3) is 0.273. The fourth-order valence-electron chi connectivity index (χ4n) is 3.84. The number of nitrogens with zero attached hydrogens (tertiary/aromatic N) is 4. The normalized spacial score (nSPS) is 15.4. The van der Waals surface area contributed by atoms with Crippen molar-refractivity contribution in [3.63, 3.8) is 0 Å². The Kier molecular flexibility index (Phi) is 4.56. The molecular weight excluding hydrogens is 387 g/mol. The number of halogens is 1. The van der Waals surface area contributed by atoms with Crippen molar-refractivity contribution in [1.29, 1.82) is 0 Å². The Hall–Kier alpha value is -2.77. The van der Waals surface area contributed by atoms with Crippen LogP contribution in [0.1, 0.15) is 17.3 Å². The topological polar surface area (TPSA) is 40.8 Å². The molecule has 0 bridgehead atoms. The summed E-state index contributed by atoms with van der Waals surface area (Å²) in [6.45, 7) is 6.61. The molecule has 5 nitrogen and oxygen atoms in total. The van der Waals surface area contributed by atoms with Gasteiger partial charge in [0.2, 0.25) is 0 Å². The number of amides is 1. The Bertz CT molecular complexity index is 1190. The lowest BCUT2D eigenvalue weighted by atomic mass is 10.1. The standard InChI is InChI=1S/C22H21FN4OS/c1-2-25-9-11-26(12-10-25)21(28)16-5-8-19-20(13-16)29-22-24-18(14-27(19)22)15-3-6-17(23)7-4-15/h3-8,13-14H,2,9-12H2,1H3. The number of piperazine rings is 1. The summed E-state index contributed by atoms with van der Waals surface area (Å²) in [4.78, 5) is 22.8. The Morgan fingerprint density at radius 2 is 1.86 bits per heavy atom. The SMILES string of the molecule is CCN1CCN(C(=O)c2ccc3c(c2)sc2nc(-c4ccc(F)cc4)cn23)CC1. The summed E-state index contributed by atoms with van der Waals surface area (Å²) in [6.07, 6.45) is 1.97. The van der Waals surface area contributed by atoms with Crippen molar-refractivity contribution in [2.24, 2.45) is 0 Å². The van der Waals surface area contributed by atoms with Gasteiger partial charge in [-0.15, -0.1) is 0 Å². The van der Waals surface area contributed by atoms with Crippen molar-refractivity contribution in [3.05, 3.63) is 60.0 Å². The minimum Gasteiger partial charge on any atom is -0.336 e. The van der Waals surface area contributed by atoms with Crippen LogP contribution in [-0.2, 0) is 0 Å². The Balaban J connectivity index is 1.43. The molecule has 0 atom stereocenters. The molecule has 5 rings (SSSR count). The molecule has 1 fully saturated rings. The highest BCUT2D eigenvalue weighted by molar-refractivity contribution is 7.23. The first-order chi connectivity index (χ1) is 14.1. The van der Waals surface area contributed by atoms with Crippen molar-refractivity contribution >= 4 is 32.4 Å². The molecular formula is C22H21FN4OS. The molecule has 0 N–H and O–H groups in total. The van der Waals surface area contributed by atoms with Gasteiger partial charge in [-0.3, -0.25) is 9.20 Å². The molecule has 2 aromatic heterocycles. The van der Waals surface area contributed by atoms with Gasteiger partial charge in [0.25, 0.3) is 5.91 Å². The zero-order valence-corrected chi connectivity index (χ0v) is 17.0. The van der Waals surface area contributed by atoms with Crippen LogP contribution in [0.5, 0.6) is 0 Å². The van der Waals surface area contributed by atoms with E-state index in [4.69, 9.17) is 4.98 Å². The summed E-state index contributed by atoms with van der Waals surface area (Å²) in [6, 6.07) is 12.2. The number of likely N-dealkylation sites (N-methyl/N-ethyl adjacent to an activating group) is 1. The number of fused-ring (bicyclic) bond motifs is 3. The van der Waals surface area contributed by atoms with E-state index in [1.54, 1.807) is 23.5 Å². The number of benzene rings is 2. The number of hydrogen-bond donors (Lipinski definition) is 0. The van der Waals surface area contributed by atoms with Gasteiger partial charge in [0.15, 0.2) is 4.96 Å². The zero-order valence-electron chi connectivity index (χ0n) is 16.1. The van der Waals surface area contributed by atoms with Gasteiger partial charge in [-0.2, -0.15) is 0 Å². The molecule has 0 aliphatic carbocycles. The minimum absolute atomic E-state index is 0.0979. The summed E-state index contributed by atoms with van der Waals surface area (Å²) in [5, 5.41) is 0. The third-order valence-electron chi connectivity index (χ3n) is 5.59. The van der Waals surface area contributed by atoms with E-state index in [9.17, 15) is 9.18 Å². The van der Waals surface area contributed by atoms with Crippen molar-refractivity contribution in [2.45, 2.75) is 6.92 Å². The molecule has 0 saturated carbocycles.